The van der Waals surface area contributed by atoms with E-state index in [0.29, 0.717) is 11.2 Å². The molecule has 2 rings (SSSR count). The summed E-state index contributed by atoms with van der Waals surface area (Å²) in [5.74, 6) is 0. The fraction of sp³-hybridized carbons (Fsp3) is 0.333. The van der Waals surface area contributed by atoms with Crippen molar-refractivity contribution in [1.82, 2.24) is 14.8 Å². The van der Waals surface area contributed by atoms with Crippen LogP contribution >= 0.6 is 11.3 Å². The van der Waals surface area contributed by atoms with E-state index in [4.69, 9.17) is 5.73 Å². The number of nitrogen functional groups attached to an aromatic ring is 1. The summed E-state index contributed by atoms with van der Waals surface area (Å²) in [5, 5.41) is 7.03. The number of anilines is 1. The zero-order valence-corrected chi connectivity index (χ0v) is 11.0. The van der Waals surface area contributed by atoms with E-state index in [1.54, 1.807) is 0 Å². The number of aromatic nitrogens is 3. The van der Waals surface area contributed by atoms with Gasteiger partial charge in [0, 0.05) is 17.6 Å². The summed E-state index contributed by atoms with van der Waals surface area (Å²) in [5.41, 5.74) is 8.60. The van der Waals surface area contributed by atoms with Gasteiger partial charge >= 0.3 is 0 Å². The molecule has 2 heterocycles. The minimum absolute atomic E-state index is 0.380. The smallest absolute Gasteiger partial charge is 0.180 e. The first-order valence-corrected chi connectivity index (χ1v) is 6.39. The fourth-order valence-electron chi connectivity index (χ4n) is 1.47. The van der Waals surface area contributed by atoms with Gasteiger partial charge in [-0.15, -0.1) is 11.3 Å². The Balaban J connectivity index is 2.21. The van der Waals surface area contributed by atoms with E-state index < -0.39 is 0 Å². The highest BCUT2D eigenvalue weighted by Gasteiger charge is 2.04. The maximum Gasteiger partial charge on any atom is 0.180 e. The molecular weight excluding hydrogens is 232 g/mol. The third kappa shape index (κ3) is 2.74. The van der Waals surface area contributed by atoms with Crippen molar-refractivity contribution in [2.45, 2.75) is 26.8 Å². The summed E-state index contributed by atoms with van der Waals surface area (Å²) < 4.78 is 1.96. The van der Waals surface area contributed by atoms with Gasteiger partial charge in [-0.3, -0.25) is 4.68 Å². The molecule has 2 aromatic rings. The number of aryl methyl sites for hydroxylation is 1. The van der Waals surface area contributed by atoms with Crippen LogP contribution in [0.3, 0.4) is 0 Å². The molecule has 0 bridgehead atoms. The molecule has 0 spiro atoms. The Morgan fingerprint density at radius 1 is 1.41 bits per heavy atom. The number of thiazole rings is 1. The summed E-state index contributed by atoms with van der Waals surface area (Å²) in [6.45, 7) is 6.28. The SMILES string of the molecule is Cc1cn(C(C)C)nc1/C=C/c1csc(N)n1. The molecule has 5 heteroatoms. The van der Waals surface area contributed by atoms with Gasteiger partial charge < -0.3 is 5.73 Å². The lowest BCUT2D eigenvalue weighted by atomic mass is 10.2. The van der Waals surface area contributed by atoms with Crippen molar-refractivity contribution in [3.8, 4) is 0 Å². The molecule has 0 fully saturated rings. The lowest BCUT2D eigenvalue weighted by molar-refractivity contribution is 0.531. The standard InChI is InChI=1S/C12H16N4S/c1-8(2)16-6-9(3)11(15-16)5-4-10-7-17-12(13)14-10/h4-8H,1-3H3,(H2,13,14)/b5-4+. The second-order valence-electron chi connectivity index (χ2n) is 4.22. The Hall–Kier alpha value is -1.62. The van der Waals surface area contributed by atoms with Crippen LogP contribution in [0.25, 0.3) is 12.2 Å². The van der Waals surface area contributed by atoms with Crippen LogP contribution in [0.5, 0.6) is 0 Å². The first kappa shape index (κ1) is 11.9. The normalized spacial score (nSPS) is 11.8. The molecule has 2 N–H and O–H groups in total. The molecule has 0 aromatic carbocycles. The zero-order valence-electron chi connectivity index (χ0n) is 10.2. The molecule has 90 valence electrons. The average molecular weight is 248 g/mol. The average Bonchev–Trinajstić information content (AvgIpc) is 2.82. The predicted octanol–water partition coefficient (Wildman–Crippen LogP) is 2.98. The summed E-state index contributed by atoms with van der Waals surface area (Å²) >= 11 is 1.44. The van der Waals surface area contributed by atoms with Crippen molar-refractivity contribution in [2.75, 3.05) is 5.73 Å². The zero-order chi connectivity index (χ0) is 12.4. The number of hydrogen-bond donors (Lipinski definition) is 1. The third-order valence-corrected chi connectivity index (χ3v) is 3.13. The van der Waals surface area contributed by atoms with Crippen molar-refractivity contribution in [1.29, 1.82) is 0 Å². The predicted molar refractivity (Wildman–Crippen MR) is 72.8 cm³/mol. The summed E-state index contributed by atoms with van der Waals surface area (Å²) in [4.78, 5) is 4.17. The Morgan fingerprint density at radius 2 is 2.18 bits per heavy atom. The van der Waals surface area contributed by atoms with E-state index >= 15 is 0 Å². The minimum atomic E-state index is 0.380. The number of nitrogens with zero attached hydrogens (tertiary/aromatic N) is 3. The van der Waals surface area contributed by atoms with Gasteiger partial charge in [-0.2, -0.15) is 5.10 Å². The molecule has 4 nitrogen and oxygen atoms in total. The van der Waals surface area contributed by atoms with Gasteiger partial charge in [-0.05, 0) is 38.5 Å². The highest BCUT2D eigenvalue weighted by Crippen LogP contribution is 2.16. The summed E-state index contributed by atoms with van der Waals surface area (Å²) in [6, 6.07) is 0.380. The fourth-order valence-corrected chi connectivity index (χ4v) is 2.00. The van der Waals surface area contributed by atoms with Crippen molar-refractivity contribution < 1.29 is 0 Å². The Bertz CT molecular complexity index is 536. The van der Waals surface area contributed by atoms with E-state index in [1.165, 1.54) is 11.3 Å². The molecule has 0 unspecified atom stereocenters. The van der Waals surface area contributed by atoms with Gasteiger partial charge in [-0.1, -0.05) is 0 Å². The molecule has 0 aliphatic heterocycles. The van der Waals surface area contributed by atoms with Crippen molar-refractivity contribution >= 4 is 28.6 Å². The van der Waals surface area contributed by atoms with Crippen LogP contribution in [0.4, 0.5) is 5.13 Å². The molecule has 0 aliphatic carbocycles. The molecule has 17 heavy (non-hydrogen) atoms. The molecule has 0 amide bonds. The van der Waals surface area contributed by atoms with Crippen molar-refractivity contribution in [3.05, 3.63) is 28.5 Å². The first-order chi connectivity index (χ1) is 8.06. The van der Waals surface area contributed by atoms with Gasteiger partial charge in [0.15, 0.2) is 5.13 Å². The van der Waals surface area contributed by atoms with E-state index in [2.05, 4.69) is 37.1 Å². The molecule has 0 atom stereocenters. The molecule has 0 aliphatic rings. The lowest BCUT2D eigenvalue weighted by Gasteiger charge is -2.02. The van der Waals surface area contributed by atoms with Gasteiger partial charge in [0.1, 0.15) is 0 Å². The molecule has 0 radical (unpaired) electrons. The minimum Gasteiger partial charge on any atom is -0.375 e. The van der Waals surface area contributed by atoms with Crippen LogP contribution in [0.15, 0.2) is 11.6 Å². The maximum absolute atomic E-state index is 5.58. The Labute approximate surface area is 105 Å². The quantitative estimate of drug-likeness (QED) is 0.908. The van der Waals surface area contributed by atoms with Gasteiger partial charge in [0.2, 0.25) is 0 Å². The van der Waals surface area contributed by atoms with E-state index in [0.717, 1.165) is 17.0 Å². The van der Waals surface area contributed by atoms with Gasteiger partial charge in [0.25, 0.3) is 0 Å². The van der Waals surface area contributed by atoms with Crippen LogP contribution in [0.1, 0.15) is 36.8 Å². The molecular formula is C12H16N4S. The Morgan fingerprint density at radius 3 is 2.71 bits per heavy atom. The second kappa shape index (κ2) is 4.71. The van der Waals surface area contributed by atoms with Crippen molar-refractivity contribution in [3.63, 3.8) is 0 Å². The van der Waals surface area contributed by atoms with Crippen LogP contribution in [0.2, 0.25) is 0 Å². The van der Waals surface area contributed by atoms with Gasteiger partial charge in [-0.25, -0.2) is 4.98 Å². The Kier molecular flexibility index (Phi) is 3.28. The van der Waals surface area contributed by atoms with Crippen LogP contribution in [0, 0.1) is 6.92 Å². The van der Waals surface area contributed by atoms with Crippen LogP contribution in [-0.2, 0) is 0 Å². The second-order valence-corrected chi connectivity index (χ2v) is 5.10. The largest absolute Gasteiger partial charge is 0.375 e. The summed E-state index contributed by atoms with van der Waals surface area (Å²) in [7, 11) is 0. The molecule has 0 saturated heterocycles. The van der Waals surface area contributed by atoms with E-state index in [1.807, 2.05) is 22.2 Å². The molecule has 2 aromatic heterocycles. The van der Waals surface area contributed by atoms with E-state index in [9.17, 15) is 0 Å². The topological polar surface area (TPSA) is 56.7 Å². The van der Waals surface area contributed by atoms with E-state index in [-0.39, 0.29) is 0 Å². The van der Waals surface area contributed by atoms with Crippen LogP contribution in [-0.4, -0.2) is 14.8 Å². The van der Waals surface area contributed by atoms with Gasteiger partial charge in [0.05, 0.1) is 11.4 Å². The maximum atomic E-state index is 5.58. The third-order valence-electron chi connectivity index (χ3n) is 2.43. The van der Waals surface area contributed by atoms with Crippen molar-refractivity contribution in [2.24, 2.45) is 0 Å². The monoisotopic (exact) mass is 248 g/mol. The highest BCUT2D eigenvalue weighted by molar-refractivity contribution is 7.13. The summed E-state index contributed by atoms with van der Waals surface area (Å²) in [6.07, 6.45) is 5.97. The number of hydrogen-bond acceptors (Lipinski definition) is 4. The first-order valence-electron chi connectivity index (χ1n) is 5.51. The highest BCUT2D eigenvalue weighted by atomic mass is 32.1. The number of rotatable bonds is 3. The lowest BCUT2D eigenvalue weighted by Crippen LogP contribution is -2.00. The molecule has 0 saturated carbocycles. The van der Waals surface area contributed by atoms with Crippen LogP contribution < -0.4 is 5.73 Å². The number of nitrogens with two attached hydrogens (primary N) is 1.